The van der Waals surface area contributed by atoms with Crippen molar-refractivity contribution in [1.29, 1.82) is 0 Å². The molecule has 0 aromatic rings. The maximum atomic E-state index is 2.26. The molecule has 0 spiro atoms. The van der Waals surface area contributed by atoms with Crippen molar-refractivity contribution < 1.29 is 0 Å². The van der Waals surface area contributed by atoms with Crippen LogP contribution in [0.4, 0.5) is 0 Å². The molecule has 0 nitrogen and oxygen atoms in total. The largest absolute Gasteiger partial charge is 0.105 e. The zero-order valence-electron chi connectivity index (χ0n) is 6.82. The van der Waals surface area contributed by atoms with Crippen LogP contribution in [0.25, 0.3) is 0 Å². The Morgan fingerprint density at radius 1 is 1.00 bits per heavy atom. The molecule has 0 aliphatic rings. The molecule has 0 bridgehead atoms. The van der Waals surface area contributed by atoms with E-state index in [2.05, 4.69) is 21.0 Å². The van der Waals surface area contributed by atoms with Gasteiger partial charge < -0.3 is 0 Å². The Morgan fingerprint density at radius 3 is 2.10 bits per heavy atom. The molecule has 0 unspecified atom stereocenters. The van der Waals surface area contributed by atoms with Gasteiger partial charge in [-0.3, -0.25) is 0 Å². The first-order chi connectivity index (χ1) is 4.41. The Balaban J connectivity index is 0. The molecule has 0 rings (SSSR count). The minimum absolute atomic E-state index is 0. The lowest BCUT2D eigenvalue weighted by Gasteiger charge is -1.95. The molecule has 0 aliphatic carbocycles. The highest BCUT2D eigenvalue weighted by atomic mass is 13.9. The summed E-state index contributed by atoms with van der Waals surface area (Å²) >= 11 is 0. The summed E-state index contributed by atoms with van der Waals surface area (Å²) in [4.78, 5) is 0. The van der Waals surface area contributed by atoms with Crippen molar-refractivity contribution in [1.82, 2.24) is 0 Å². The van der Waals surface area contributed by atoms with Gasteiger partial charge in [0.25, 0.3) is 0 Å². The summed E-state index contributed by atoms with van der Waals surface area (Å²) in [6.07, 6.45) is 8.35. The van der Waals surface area contributed by atoms with Crippen molar-refractivity contribution in [2.45, 2.75) is 59.6 Å². The van der Waals surface area contributed by atoms with E-state index in [0.29, 0.717) is 0 Å². The topological polar surface area (TPSA) is 0 Å². The van der Waals surface area contributed by atoms with E-state index in [9.17, 15) is 0 Å². The normalized spacial score (nSPS) is 8.60. The van der Waals surface area contributed by atoms with E-state index in [1.54, 1.807) is 0 Å². The Morgan fingerprint density at radius 2 is 1.60 bits per heavy atom. The fourth-order valence-corrected chi connectivity index (χ4v) is 0.952. The second-order valence-corrected chi connectivity index (χ2v) is 2.61. The van der Waals surface area contributed by atoms with Crippen molar-refractivity contribution in [3.8, 4) is 0 Å². The third kappa shape index (κ3) is 10.9. The zero-order valence-corrected chi connectivity index (χ0v) is 6.82. The van der Waals surface area contributed by atoms with Crippen molar-refractivity contribution in [3.63, 3.8) is 0 Å². The molecule has 0 aliphatic heterocycles. The molecule has 0 heterocycles. The monoisotopic (exact) mass is 141 g/mol. The van der Waals surface area contributed by atoms with E-state index in [0.717, 1.165) is 0 Å². The lowest BCUT2D eigenvalue weighted by atomic mass is 9.76. The number of rotatable bonds is 6. The Kier molecular flexibility index (Phi) is 15.0. The van der Waals surface area contributed by atoms with Crippen LogP contribution in [-0.2, 0) is 0 Å². The third-order valence-electron chi connectivity index (χ3n) is 1.60. The summed E-state index contributed by atoms with van der Waals surface area (Å²) in [5.74, 6) is 0. The Bertz CT molecular complexity index is 38.0. The summed E-state index contributed by atoms with van der Waals surface area (Å²) < 4.78 is 0. The van der Waals surface area contributed by atoms with Gasteiger partial charge in [0.05, 0.1) is 0 Å². The molecule has 0 aromatic carbocycles. The minimum atomic E-state index is 0. The van der Waals surface area contributed by atoms with Gasteiger partial charge in [-0.05, 0) is 0 Å². The molecule has 0 aromatic heterocycles. The highest BCUT2D eigenvalue weighted by molar-refractivity contribution is 6.33. The lowest BCUT2D eigenvalue weighted by Crippen LogP contribution is -1.81. The van der Waals surface area contributed by atoms with Crippen LogP contribution in [0.5, 0.6) is 0 Å². The molecule has 0 saturated carbocycles. The predicted octanol–water partition coefficient (Wildman–Crippen LogP) is 3.76. The van der Waals surface area contributed by atoms with Gasteiger partial charge in [-0.15, -0.1) is 0 Å². The fourth-order valence-electron chi connectivity index (χ4n) is 0.952. The van der Waals surface area contributed by atoms with E-state index >= 15 is 0 Å². The molecule has 0 amide bonds. The van der Waals surface area contributed by atoms with Gasteiger partial charge in [0.15, 0.2) is 0 Å². The van der Waals surface area contributed by atoms with Gasteiger partial charge in [-0.2, -0.15) is 0 Å². The Hall–Kier alpha value is 0.0649. The molecule has 1 heteroatoms. The van der Waals surface area contributed by atoms with E-state index in [-0.39, 0.29) is 7.43 Å². The first-order valence-corrected chi connectivity index (χ1v) is 4.19. The van der Waals surface area contributed by atoms with Crippen molar-refractivity contribution >= 4 is 7.28 Å². The van der Waals surface area contributed by atoms with E-state index in [1.807, 2.05) is 0 Å². The SMILES string of the molecule is C.C[B]CCCCCCC. The van der Waals surface area contributed by atoms with Gasteiger partial charge >= 0.3 is 0 Å². The summed E-state index contributed by atoms with van der Waals surface area (Å²) in [5, 5.41) is 0. The van der Waals surface area contributed by atoms with Crippen LogP contribution >= 0.6 is 0 Å². The summed E-state index contributed by atoms with van der Waals surface area (Å²) in [6, 6.07) is 0. The molecule has 0 N–H and O–H groups in total. The van der Waals surface area contributed by atoms with Gasteiger partial charge in [0.1, 0.15) is 7.28 Å². The number of hydrogen-bond donors (Lipinski definition) is 0. The van der Waals surface area contributed by atoms with Gasteiger partial charge in [-0.1, -0.05) is 59.6 Å². The fraction of sp³-hybridized carbons (Fsp3) is 1.00. The maximum absolute atomic E-state index is 2.26. The molecule has 61 valence electrons. The first kappa shape index (κ1) is 12.7. The average Bonchev–Trinajstić information content (AvgIpc) is 1.89. The van der Waals surface area contributed by atoms with Crippen LogP contribution in [0.1, 0.15) is 46.5 Å². The minimum Gasteiger partial charge on any atom is -0.0920 e. The van der Waals surface area contributed by atoms with Crippen LogP contribution in [0, 0.1) is 0 Å². The highest BCUT2D eigenvalue weighted by Crippen LogP contribution is 2.04. The summed E-state index contributed by atoms with van der Waals surface area (Å²) in [6.45, 7) is 4.39. The smallest absolute Gasteiger partial charge is 0.0920 e. The predicted molar refractivity (Wildman–Crippen MR) is 51.9 cm³/mol. The van der Waals surface area contributed by atoms with Gasteiger partial charge in [0.2, 0.25) is 0 Å². The van der Waals surface area contributed by atoms with Gasteiger partial charge in [0, 0.05) is 0 Å². The van der Waals surface area contributed by atoms with Crippen molar-refractivity contribution in [2.24, 2.45) is 0 Å². The van der Waals surface area contributed by atoms with Crippen LogP contribution in [0.2, 0.25) is 13.1 Å². The molecule has 0 saturated heterocycles. The molecular formula is C9H22B. The Labute approximate surface area is 67.7 Å². The zero-order chi connectivity index (χ0) is 6.95. The van der Waals surface area contributed by atoms with Crippen LogP contribution < -0.4 is 0 Å². The second kappa shape index (κ2) is 11.8. The quantitative estimate of drug-likeness (QED) is 0.390. The van der Waals surface area contributed by atoms with E-state index in [4.69, 9.17) is 0 Å². The van der Waals surface area contributed by atoms with E-state index < -0.39 is 0 Å². The molecular weight excluding hydrogens is 119 g/mol. The second-order valence-electron chi connectivity index (χ2n) is 2.61. The summed E-state index contributed by atoms with van der Waals surface area (Å²) in [5.41, 5.74) is 0. The average molecular weight is 141 g/mol. The summed E-state index contributed by atoms with van der Waals surface area (Å²) in [7, 11) is 2.26. The number of hydrogen-bond acceptors (Lipinski definition) is 0. The molecule has 1 radical (unpaired) electrons. The van der Waals surface area contributed by atoms with Crippen LogP contribution in [-0.4, -0.2) is 7.28 Å². The lowest BCUT2D eigenvalue weighted by molar-refractivity contribution is 0.655. The molecule has 10 heavy (non-hydrogen) atoms. The first-order valence-electron chi connectivity index (χ1n) is 4.19. The van der Waals surface area contributed by atoms with Crippen molar-refractivity contribution in [3.05, 3.63) is 0 Å². The van der Waals surface area contributed by atoms with Crippen molar-refractivity contribution in [2.75, 3.05) is 0 Å². The van der Waals surface area contributed by atoms with Gasteiger partial charge in [-0.25, -0.2) is 0 Å². The van der Waals surface area contributed by atoms with Crippen LogP contribution in [0.3, 0.4) is 0 Å². The maximum Gasteiger partial charge on any atom is 0.105 e. The third-order valence-corrected chi connectivity index (χ3v) is 1.60. The molecule has 0 fully saturated rings. The standard InChI is InChI=1S/C8H18B.CH4/c1-3-4-5-6-7-8-9-2;/h3-8H2,1-2H3;1H4. The van der Waals surface area contributed by atoms with Crippen LogP contribution in [0.15, 0.2) is 0 Å². The number of unbranched alkanes of at least 4 members (excludes halogenated alkanes) is 4. The van der Waals surface area contributed by atoms with E-state index in [1.165, 1.54) is 38.4 Å². The highest BCUT2D eigenvalue weighted by Gasteiger charge is 1.86. The molecule has 0 atom stereocenters.